The predicted molar refractivity (Wildman–Crippen MR) is 89.6 cm³/mol. The molecule has 1 aromatic rings. The standard InChI is InChI=1S/C20H18F2N2/c1-23-9-8-20-18(13-23)17-12-16(22)5-6-19(17)24(20)10-7-14-3-2-4-15(21)11-14/h2-6,11,17H,8-9,12-13H2,1H3. The van der Waals surface area contributed by atoms with Crippen molar-refractivity contribution in [3.8, 4) is 12.0 Å². The van der Waals surface area contributed by atoms with Gasteiger partial charge in [-0.05, 0) is 48.9 Å². The van der Waals surface area contributed by atoms with Crippen molar-refractivity contribution in [1.29, 1.82) is 0 Å². The highest BCUT2D eigenvalue weighted by Gasteiger charge is 2.39. The molecule has 2 aliphatic heterocycles. The lowest BCUT2D eigenvalue weighted by Crippen LogP contribution is -2.29. The first kappa shape index (κ1) is 15.2. The molecular formula is C20H18F2N2. The van der Waals surface area contributed by atoms with Crippen LogP contribution < -0.4 is 0 Å². The van der Waals surface area contributed by atoms with Crippen LogP contribution >= 0.6 is 0 Å². The van der Waals surface area contributed by atoms with Gasteiger partial charge in [0, 0.05) is 54.9 Å². The Bertz CT molecular complexity index is 839. The maximum Gasteiger partial charge on any atom is 0.124 e. The van der Waals surface area contributed by atoms with Gasteiger partial charge in [-0.3, -0.25) is 4.90 Å². The van der Waals surface area contributed by atoms with E-state index >= 15 is 0 Å². The van der Waals surface area contributed by atoms with Crippen LogP contribution in [-0.4, -0.2) is 29.9 Å². The molecule has 0 aromatic heterocycles. The Morgan fingerprint density at radius 2 is 2.08 bits per heavy atom. The van der Waals surface area contributed by atoms with E-state index in [9.17, 15) is 8.78 Å². The molecule has 0 amide bonds. The van der Waals surface area contributed by atoms with E-state index in [1.165, 1.54) is 29.5 Å². The lowest BCUT2D eigenvalue weighted by atomic mass is 9.89. The fourth-order valence-corrected chi connectivity index (χ4v) is 3.65. The van der Waals surface area contributed by atoms with E-state index in [1.54, 1.807) is 12.1 Å². The minimum Gasteiger partial charge on any atom is -0.302 e. The molecule has 0 saturated heterocycles. The fraction of sp³-hybridized carbons (Fsp3) is 0.300. The number of nitrogens with zero attached hydrogens (tertiary/aromatic N) is 2. The van der Waals surface area contributed by atoms with Gasteiger partial charge in [0.05, 0.1) is 0 Å². The van der Waals surface area contributed by atoms with Crippen LogP contribution in [0.5, 0.6) is 0 Å². The monoisotopic (exact) mass is 324 g/mol. The molecule has 3 aliphatic rings. The summed E-state index contributed by atoms with van der Waals surface area (Å²) in [7, 11) is 2.09. The van der Waals surface area contributed by atoms with E-state index < -0.39 is 0 Å². The van der Waals surface area contributed by atoms with Gasteiger partial charge in [0.1, 0.15) is 11.6 Å². The van der Waals surface area contributed by atoms with Crippen LogP contribution in [0, 0.1) is 23.7 Å². The summed E-state index contributed by atoms with van der Waals surface area (Å²) in [5.41, 5.74) is 4.15. The summed E-state index contributed by atoms with van der Waals surface area (Å²) < 4.78 is 27.1. The molecule has 24 heavy (non-hydrogen) atoms. The maximum absolute atomic E-state index is 13.8. The Morgan fingerprint density at radius 3 is 2.92 bits per heavy atom. The molecule has 0 N–H and O–H groups in total. The average molecular weight is 324 g/mol. The number of benzene rings is 1. The summed E-state index contributed by atoms with van der Waals surface area (Å²) in [6, 6.07) is 9.46. The number of hydrogen-bond acceptors (Lipinski definition) is 2. The SMILES string of the molecule is CN1CCC2=C(C1)C1CC(F)=CC=C1N2C#Cc1cccc(F)c1. The summed E-state index contributed by atoms with van der Waals surface area (Å²) in [5.74, 6) is 2.76. The first-order chi connectivity index (χ1) is 11.6. The zero-order chi connectivity index (χ0) is 16.7. The van der Waals surface area contributed by atoms with Crippen LogP contribution in [-0.2, 0) is 0 Å². The predicted octanol–water partition coefficient (Wildman–Crippen LogP) is 3.80. The number of hydrogen-bond donors (Lipinski definition) is 0. The Hall–Kier alpha value is -2.38. The summed E-state index contributed by atoms with van der Waals surface area (Å²) in [6.07, 6.45) is 4.68. The molecule has 0 saturated carbocycles. The Balaban J connectivity index is 1.73. The van der Waals surface area contributed by atoms with Gasteiger partial charge < -0.3 is 4.90 Å². The van der Waals surface area contributed by atoms with Crippen LogP contribution in [0.3, 0.4) is 0 Å². The molecule has 0 bridgehead atoms. The first-order valence-corrected chi connectivity index (χ1v) is 8.16. The molecule has 1 aromatic carbocycles. The van der Waals surface area contributed by atoms with Crippen molar-refractivity contribution in [1.82, 2.24) is 9.80 Å². The van der Waals surface area contributed by atoms with E-state index in [1.807, 2.05) is 11.0 Å². The molecule has 4 heteroatoms. The van der Waals surface area contributed by atoms with Crippen molar-refractivity contribution in [2.24, 2.45) is 5.92 Å². The van der Waals surface area contributed by atoms with Crippen molar-refractivity contribution in [2.45, 2.75) is 12.8 Å². The van der Waals surface area contributed by atoms with Gasteiger partial charge in [0.25, 0.3) is 0 Å². The molecule has 1 aliphatic carbocycles. The van der Waals surface area contributed by atoms with Gasteiger partial charge in [-0.2, -0.15) is 0 Å². The van der Waals surface area contributed by atoms with Gasteiger partial charge in [-0.25, -0.2) is 8.78 Å². The second kappa shape index (κ2) is 5.92. The van der Waals surface area contributed by atoms with Crippen LogP contribution in [0.1, 0.15) is 18.4 Å². The van der Waals surface area contributed by atoms with Crippen molar-refractivity contribution in [3.05, 3.63) is 70.6 Å². The van der Waals surface area contributed by atoms with Crippen LogP contribution in [0.25, 0.3) is 0 Å². The highest BCUT2D eigenvalue weighted by Crippen LogP contribution is 2.45. The third-order valence-electron chi connectivity index (χ3n) is 4.82. The van der Waals surface area contributed by atoms with E-state index in [0.29, 0.717) is 12.0 Å². The van der Waals surface area contributed by atoms with Crippen molar-refractivity contribution < 1.29 is 8.78 Å². The molecule has 2 nitrogen and oxygen atoms in total. The molecule has 0 fully saturated rings. The lowest BCUT2D eigenvalue weighted by molar-refractivity contribution is 0.332. The minimum atomic E-state index is -0.290. The number of likely N-dealkylation sites (N-methyl/N-ethyl adjacent to an activating group) is 1. The second-order valence-electron chi connectivity index (χ2n) is 6.50. The number of fused-ring (bicyclic) bond motifs is 2. The third-order valence-corrected chi connectivity index (χ3v) is 4.82. The van der Waals surface area contributed by atoms with Crippen molar-refractivity contribution in [2.75, 3.05) is 20.1 Å². The quantitative estimate of drug-likeness (QED) is 0.670. The average Bonchev–Trinajstić information content (AvgIpc) is 2.85. The number of allylic oxidation sites excluding steroid dienone is 4. The Morgan fingerprint density at radius 1 is 1.21 bits per heavy atom. The molecule has 4 rings (SSSR count). The minimum absolute atomic E-state index is 0.0783. The molecule has 2 heterocycles. The fourth-order valence-electron chi connectivity index (χ4n) is 3.65. The summed E-state index contributed by atoms with van der Waals surface area (Å²) in [5, 5.41) is 0. The number of rotatable bonds is 0. The highest BCUT2D eigenvalue weighted by molar-refractivity contribution is 5.47. The second-order valence-corrected chi connectivity index (χ2v) is 6.50. The van der Waals surface area contributed by atoms with Gasteiger partial charge in [-0.15, -0.1) is 0 Å². The van der Waals surface area contributed by atoms with E-state index in [2.05, 4.69) is 23.9 Å². The van der Waals surface area contributed by atoms with Crippen molar-refractivity contribution >= 4 is 0 Å². The van der Waals surface area contributed by atoms with Gasteiger partial charge >= 0.3 is 0 Å². The van der Waals surface area contributed by atoms with Crippen molar-refractivity contribution in [3.63, 3.8) is 0 Å². The third kappa shape index (κ3) is 2.65. The highest BCUT2D eigenvalue weighted by atomic mass is 19.1. The van der Waals surface area contributed by atoms with Gasteiger partial charge in [0.15, 0.2) is 0 Å². The van der Waals surface area contributed by atoms with Crippen LogP contribution in [0.15, 0.2) is 59.2 Å². The van der Waals surface area contributed by atoms with E-state index in [-0.39, 0.29) is 17.6 Å². The van der Waals surface area contributed by atoms with Gasteiger partial charge in [-0.1, -0.05) is 6.07 Å². The number of halogens is 2. The molecule has 0 radical (unpaired) electrons. The summed E-state index contributed by atoms with van der Waals surface area (Å²) in [6.45, 7) is 1.82. The zero-order valence-corrected chi connectivity index (χ0v) is 13.5. The molecule has 0 spiro atoms. The van der Waals surface area contributed by atoms with Gasteiger partial charge in [0.2, 0.25) is 0 Å². The van der Waals surface area contributed by atoms with Crippen LogP contribution in [0.4, 0.5) is 8.78 Å². The lowest BCUT2D eigenvalue weighted by Gasteiger charge is -2.26. The Labute approximate surface area is 140 Å². The molecule has 1 atom stereocenters. The molecular weight excluding hydrogens is 306 g/mol. The summed E-state index contributed by atoms with van der Waals surface area (Å²) in [4.78, 5) is 4.26. The Kier molecular flexibility index (Phi) is 3.74. The maximum atomic E-state index is 13.8. The zero-order valence-electron chi connectivity index (χ0n) is 13.5. The molecule has 122 valence electrons. The topological polar surface area (TPSA) is 6.48 Å². The molecule has 1 unspecified atom stereocenters. The summed E-state index contributed by atoms with van der Waals surface area (Å²) >= 11 is 0. The largest absolute Gasteiger partial charge is 0.302 e. The van der Waals surface area contributed by atoms with E-state index in [4.69, 9.17) is 0 Å². The van der Waals surface area contributed by atoms with Crippen LogP contribution in [0.2, 0.25) is 0 Å². The normalized spacial score (nSPS) is 23.1. The smallest absolute Gasteiger partial charge is 0.124 e. The first-order valence-electron chi connectivity index (χ1n) is 8.16. The van der Waals surface area contributed by atoms with E-state index in [0.717, 1.165) is 25.2 Å².